The number of thioether (sulfide) groups is 1. The molecule has 0 aliphatic heterocycles. The summed E-state index contributed by atoms with van der Waals surface area (Å²) in [4.78, 5) is 33.4. The summed E-state index contributed by atoms with van der Waals surface area (Å²) >= 11 is 1.33. The van der Waals surface area contributed by atoms with Crippen LogP contribution in [0.2, 0.25) is 0 Å². The van der Waals surface area contributed by atoms with E-state index in [9.17, 15) is 9.59 Å². The molecule has 0 saturated heterocycles. The van der Waals surface area contributed by atoms with Crippen molar-refractivity contribution in [3.63, 3.8) is 0 Å². The van der Waals surface area contributed by atoms with Crippen LogP contribution in [0.4, 0.5) is 0 Å². The summed E-state index contributed by atoms with van der Waals surface area (Å²) < 4.78 is 6.92. The van der Waals surface area contributed by atoms with Crippen molar-refractivity contribution in [3.05, 3.63) is 100 Å². The zero-order valence-corrected chi connectivity index (χ0v) is 20.4. The number of ether oxygens (including phenoxy) is 1. The Morgan fingerprint density at radius 3 is 2.43 bits per heavy atom. The van der Waals surface area contributed by atoms with Crippen LogP contribution in [0.5, 0.6) is 5.75 Å². The smallest absolute Gasteiger partial charge is 0.262 e. The van der Waals surface area contributed by atoms with Crippen LogP contribution in [0.3, 0.4) is 0 Å². The van der Waals surface area contributed by atoms with E-state index in [1.165, 1.54) is 11.8 Å². The fraction of sp³-hybridized carbons (Fsp3) is 0.250. The van der Waals surface area contributed by atoms with Crippen LogP contribution < -0.4 is 10.3 Å². The number of hydrogen-bond acceptors (Lipinski definition) is 5. The molecule has 1 aliphatic rings. The van der Waals surface area contributed by atoms with Gasteiger partial charge in [0.1, 0.15) is 5.75 Å². The number of fused-ring (bicyclic) bond motifs is 1. The maximum Gasteiger partial charge on any atom is 0.262 e. The molecule has 1 saturated carbocycles. The van der Waals surface area contributed by atoms with Gasteiger partial charge in [-0.1, -0.05) is 66.4 Å². The molecule has 6 nitrogen and oxygen atoms in total. The Hall–Kier alpha value is -3.58. The van der Waals surface area contributed by atoms with Crippen LogP contribution in [0.1, 0.15) is 24.0 Å². The van der Waals surface area contributed by atoms with Gasteiger partial charge in [0.05, 0.1) is 30.3 Å². The molecule has 1 amide bonds. The quantitative estimate of drug-likeness (QED) is 0.253. The molecule has 3 aromatic carbocycles. The Morgan fingerprint density at radius 1 is 1.00 bits per heavy atom. The minimum atomic E-state index is -0.107. The van der Waals surface area contributed by atoms with Gasteiger partial charge in [-0.2, -0.15) is 0 Å². The van der Waals surface area contributed by atoms with E-state index in [0.717, 1.165) is 29.7 Å². The predicted octanol–water partition coefficient (Wildman–Crippen LogP) is 4.74. The maximum atomic E-state index is 13.4. The van der Waals surface area contributed by atoms with E-state index in [2.05, 4.69) is 0 Å². The SMILES string of the molecule is COc1ccc(Cn2c(SCC(=O)N(Cc3ccccc3)C3CC3)nc3ccccc3c2=O)cc1. The van der Waals surface area contributed by atoms with Crippen molar-refractivity contribution in [2.24, 2.45) is 0 Å². The number of para-hydroxylation sites is 1. The standard InChI is InChI=1S/C28H27N3O3S/c1-34-23-15-11-21(12-16-23)18-31-27(33)24-9-5-6-10-25(24)29-28(31)35-19-26(32)30(22-13-14-22)17-20-7-3-2-4-8-20/h2-12,15-16,22H,13-14,17-19H2,1H3. The Balaban J connectivity index is 1.40. The number of aromatic nitrogens is 2. The van der Waals surface area contributed by atoms with Gasteiger partial charge in [-0.05, 0) is 48.2 Å². The average molecular weight is 486 g/mol. The second-order valence-electron chi connectivity index (χ2n) is 8.68. The first kappa shape index (κ1) is 23.2. The van der Waals surface area contributed by atoms with Crippen molar-refractivity contribution in [2.75, 3.05) is 12.9 Å². The average Bonchev–Trinajstić information content (AvgIpc) is 3.74. The number of hydrogen-bond donors (Lipinski definition) is 0. The van der Waals surface area contributed by atoms with E-state index in [4.69, 9.17) is 9.72 Å². The lowest BCUT2D eigenvalue weighted by Crippen LogP contribution is -2.34. The lowest BCUT2D eigenvalue weighted by atomic mass is 10.2. The number of methoxy groups -OCH3 is 1. The molecule has 178 valence electrons. The Bertz CT molecular complexity index is 1380. The molecule has 4 aromatic rings. The third-order valence-electron chi connectivity index (χ3n) is 6.15. The molecular formula is C28H27N3O3S. The van der Waals surface area contributed by atoms with Crippen LogP contribution in [-0.2, 0) is 17.9 Å². The molecule has 1 aliphatic carbocycles. The highest BCUT2D eigenvalue weighted by molar-refractivity contribution is 7.99. The molecule has 5 rings (SSSR count). The van der Waals surface area contributed by atoms with Gasteiger partial charge in [0.15, 0.2) is 5.16 Å². The van der Waals surface area contributed by atoms with Crippen LogP contribution in [0.15, 0.2) is 88.8 Å². The first-order chi connectivity index (χ1) is 17.1. The van der Waals surface area contributed by atoms with Crippen molar-refractivity contribution < 1.29 is 9.53 Å². The molecule has 0 bridgehead atoms. The fourth-order valence-corrected chi connectivity index (χ4v) is 4.99. The van der Waals surface area contributed by atoms with Gasteiger partial charge in [0.25, 0.3) is 5.56 Å². The van der Waals surface area contributed by atoms with Gasteiger partial charge in [-0.15, -0.1) is 0 Å². The van der Waals surface area contributed by atoms with E-state index in [0.29, 0.717) is 35.2 Å². The number of amides is 1. The molecule has 0 spiro atoms. The molecule has 1 fully saturated rings. The highest BCUT2D eigenvalue weighted by Crippen LogP contribution is 2.30. The van der Waals surface area contributed by atoms with Crippen molar-refractivity contribution in [1.82, 2.24) is 14.5 Å². The maximum absolute atomic E-state index is 13.4. The minimum Gasteiger partial charge on any atom is -0.497 e. The van der Waals surface area contributed by atoms with E-state index in [1.807, 2.05) is 77.7 Å². The second-order valence-corrected chi connectivity index (χ2v) is 9.62. The van der Waals surface area contributed by atoms with Crippen LogP contribution in [0, 0.1) is 0 Å². The summed E-state index contributed by atoms with van der Waals surface area (Å²) in [6.45, 7) is 0.974. The van der Waals surface area contributed by atoms with Crippen LogP contribution in [-0.4, -0.2) is 39.3 Å². The Labute approximate surface area is 208 Å². The van der Waals surface area contributed by atoms with Crippen molar-refractivity contribution in [2.45, 2.75) is 37.1 Å². The molecule has 1 heterocycles. The van der Waals surface area contributed by atoms with Gasteiger partial charge in [0, 0.05) is 12.6 Å². The summed E-state index contributed by atoms with van der Waals surface area (Å²) in [7, 11) is 1.63. The zero-order chi connectivity index (χ0) is 24.2. The molecule has 0 atom stereocenters. The van der Waals surface area contributed by atoms with Gasteiger partial charge in [-0.25, -0.2) is 4.98 Å². The highest BCUT2D eigenvalue weighted by Gasteiger charge is 2.32. The lowest BCUT2D eigenvalue weighted by molar-refractivity contribution is -0.129. The second kappa shape index (κ2) is 10.4. The van der Waals surface area contributed by atoms with Gasteiger partial charge < -0.3 is 9.64 Å². The molecule has 7 heteroatoms. The molecule has 0 radical (unpaired) electrons. The van der Waals surface area contributed by atoms with Gasteiger partial charge in [-0.3, -0.25) is 14.2 Å². The van der Waals surface area contributed by atoms with Crippen LogP contribution in [0.25, 0.3) is 10.9 Å². The first-order valence-electron chi connectivity index (χ1n) is 11.7. The zero-order valence-electron chi connectivity index (χ0n) is 19.6. The topological polar surface area (TPSA) is 64.4 Å². The molecule has 0 N–H and O–H groups in total. The third-order valence-corrected chi connectivity index (χ3v) is 7.12. The normalized spacial score (nSPS) is 13.1. The first-order valence-corrected chi connectivity index (χ1v) is 12.7. The van der Waals surface area contributed by atoms with E-state index in [1.54, 1.807) is 17.7 Å². The number of carbonyl (C=O) groups is 1. The van der Waals surface area contributed by atoms with Gasteiger partial charge >= 0.3 is 0 Å². The van der Waals surface area contributed by atoms with Crippen molar-refractivity contribution >= 4 is 28.6 Å². The summed E-state index contributed by atoms with van der Waals surface area (Å²) in [5.74, 6) is 1.06. The fourth-order valence-electron chi connectivity index (χ4n) is 4.11. The summed E-state index contributed by atoms with van der Waals surface area (Å²) in [5, 5.41) is 1.12. The molecule has 35 heavy (non-hydrogen) atoms. The van der Waals surface area contributed by atoms with Gasteiger partial charge in [0.2, 0.25) is 5.91 Å². The van der Waals surface area contributed by atoms with E-state index in [-0.39, 0.29) is 17.2 Å². The Kier molecular flexibility index (Phi) is 6.86. The summed E-state index contributed by atoms with van der Waals surface area (Å²) in [5.41, 5.74) is 2.62. The lowest BCUT2D eigenvalue weighted by Gasteiger charge is -2.23. The predicted molar refractivity (Wildman–Crippen MR) is 139 cm³/mol. The minimum absolute atomic E-state index is 0.0692. The molecular weight excluding hydrogens is 458 g/mol. The van der Waals surface area contributed by atoms with Crippen molar-refractivity contribution in [1.29, 1.82) is 0 Å². The number of benzene rings is 3. The van der Waals surface area contributed by atoms with Crippen LogP contribution >= 0.6 is 11.8 Å². The largest absolute Gasteiger partial charge is 0.497 e. The van der Waals surface area contributed by atoms with Crippen molar-refractivity contribution in [3.8, 4) is 5.75 Å². The summed E-state index contributed by atoms with van der Waals surface area (Å²) in [6.07, 6.45) is 2.08. The third kappa shape index (κ3) is 5.41. The molecule has 0 unspecified atom stereocenters. The Morgan fingerprint density at radius 2 is 1.71 bits per heavy atom. The van der Waals surface area contributed by atoms with E-state index < -0.39 is 0 Å². The molecule has 1 aromatic heterocycles. The monoisotopic (exact) mass is 485 g/mol. The van der Waals surface area contributed by atoms with E-state index >= 15 is 0 Å². The number of carbonyl (C=O) groups excluding carboxylic acids is 1. The highest BCUT2D eigenvalue weighted by atomic mass is 32.2. The number of rotatable bonds is 9. The summed E-state index contributed by atoms with van der Waals surface area (Å²) in [6, 6.07) is 25.4. The number of nitrogens with zero attached hydrogens (tertiary/aromatic N) is 3.